The maximum Gasteiger partial charge on any atom is 0.118 e. The first-order chi connectivity index (χ1) is 7.19. The summed E-state index contributed by atoms with van der Waals surface area (Å²) in [6.45, 7) is 0.944. The van der Waals surface area contributed by atoms with Crippen molar-refractivity contribution in [1.82, 2.24) is 10.2 Å². The maximum atomic E-state index is 5.14. The average Bonchev–Trinajstić information content (AvgIpc) is 2.26. The number of hydrogen-bond donors (Lipinski definition) is 1. The number of nitrogens with one attached hydrogen (secondary N) is 1. The van der Waals surface area contributed by atoms with Gasteiger partial charge in [0.1, 0.15) is 5.75 Å². The fraction of sp³-hybridized carbons (Fsp3) is 0.500. The standard InChI is InChI=1S/C12H20N2O/c1-13-9-12(14(2)3)10-5-7-11(15-4)8-6-10/h5-8,12-13H,9H2,1-4H3. The fourth-order valence-corrected chi connectivity index (χ4v) is 1.62. The molecule has 0 aliphatic carbocycles. The Morgan fingerprint density at radius 3 is 2.27 bits per heavy atom. The highest BCUT2D eigenvalue weighted by Gasteiger charge is 2.12. The van der Waals surface area contributed by atoms with E-state index in [9.17, 15) is 0 Å². The monoisotopic (exact) mass is 208 g/mol. The smallest absolute Gasteiger partial charge is 0.118 e. The first kappa shape index (κ1) is 12.0. The van der Waals surface area contributed by atoms with Crippen LogP contribution in [0.15, 0.2) is 24.3 Å². The van der Waals surface area contributed by atoms with E-state index in [2.05, 4.69) is 36.4 Å². The van der Waals surface area contributed by atoms with Gasteiger partial charge in [-0.05, 0) is 38.8 Å². The molecule has 0 saturated heterocycles. The third-order valence-corrected chi connectivity index (χ3v) is 2.52. The molecule has 0 aliphatic rings. The molecule has 1 unspecified atom stereocenters. The molecule has 1 rings (SSSR count). The van der Waals surface area contributed by atoms with Crippen molar-refractivity contribution in [3.63, 3.8) is 0 Å². The third kappa shape index (κ3) is 3.22. The normalized spacial score (nSPS) is 12.9. The predicted octanol–water partition coefficient (Wildman–Crippen LogP) is 1.52. The van der Waals surface area contributed by atoms with Gasteiger partial charge in [0.15, 0.2) is 0 Å². The van der Waals surface area contributed by atoms with Crippen LogP contribution < -0.4 is 10.1 Å². The topological polar surface area (TPSA) is 24.5 Å². The molecule has 1 aromatic rings. The minimum atomic E-state index is 0.404. The molecule has 0 bridgehead atoms. The van der Waals surface area contributed by atoms with Gasteiger partial charge in [0, 0.05) is 12.6 Å². The summed E-state index contributed by atoms with van der Waals surface area (Å²) in [7, 11) is 7.84. The molecule has 0 amide bonds. The molecule has 0 saturated carbocycles. The molecule has 0 aliphatic heterocycles. The van der Waals surface area contributed by atoms with Crippen molar-refractivity contribution in [3.8, 4) is 5.75 Å². The van der Waals surface area contributed by atoms with Crippen LogP contribution in [0.1, 0.15) is 11.6 Å². The lowest BCUT2D eigenvalue weighted by molar-refractivity contribution is 0.293. The molecule has 3 nitrogen and oxygen atoms in total. The molecule has 3 heteroatoms. The Morgan fingerprint density at radius 1 is 1.27 bits per heavy atom. The van der Waals surface area contributed by atoms with Crippen LogP contribution in [-0.4, -0.2) is 39.7 Å². The average molecular weight is 208 g/mol. The van der Waals surface area contributed by atoms with E-state index in [1.54, 1.807) is 7.11 Å². The summed E-state index contributed by atoms with van der Waals surface area (Å²) in [6.07, 6.45) is 0. The van der Waals surface area contributed by atoms with Gasteiger partial charge in [-0.15, -0.1) is 0 Å². The Morgan fingerprint density at radius 2 is 1.87 bits per heavy atom. The van der Waals surface area contributed by atoms with E-state index in [1.807, 2.05) is 19.2 Å². The van der Waals surface area contributed by atoms with Crippen LogP contribution in [0.4, 0.5) is 0 Å². The van der Waals surface area contributed by atoms with Crippen LogP contribution in [0.5, 0.6) is 5.75 Å². The summed E-state index contributed by atoms with van der Waals surface area (Å²) in [5.41, 5.74) is 1.30. The second-order valence-electron chi connectivity index (χ2n) is 3.81. The Kier molecular flexibility index (Phi) is 4.59. The zero-order chi connectivity index (χ0) is 11.3. The van der Waals surface area contributed by atoms with Crippen LogP contribution >= 0.6 is 0 Å². The van der Waals surface area contributed by atoms with Crippen molar-refractivity contribution in [2.24, 2.45) is 0 Å². The first-order valence-corrected chi connectivity index (χ1v) is 5.14. The quantitative estimate of drug-likeness (QED) is 0.794. The highest BCUT2D eigenvalue weighted by Crippen LogP contribution is 2.20. The minimum absolute atomic E-state index is 0.404. The van der Waals surface area contributed by atoms with Crippen LogP contribution in [0.25, 0.3) is 0 Å². The van der Waals surface area contributed by atoms with E-state index in [0.29, 0.717) is 6.04 Å². The molecule has 0 fully saturated rings. The van der Waals surface area contributed by atoms with Gasteiger partial charge in [0.25, 0.3) is 0 Å². The van der Waals surface area contributed by atoms with Gasteiger partial charge in [0.2, 0.25) is 0 Å². The number of hydrogen-bond acceptors (Lipinski definition) is 3. The van der Waals surface area contributed by atoms with Crippen molar-refractivity contribution in [2.45, 2.75) is 6.04 Å². The summed E-state index contributed by atoms with van der Waals surface area (Å²) in [5.74, 6) is 0.903. The summed E-state index contributed by atoms with van der Waals surface area (Å²) in [6, 6.07) is 8.63. The predicted molar refractivity (Wildman–Crippen MR) is 63.3 cm³/mol. The molecular formula is C12H20N2O. The molecule has 0 heterocycles. The fourth-order valence-electron chi connectivity index (χ4n) is 1.62. The summed E-state index contributed by atoms with van der Waals surface area (Å²) in [4.78, 5) is 2.21. The van der Waals surface area contributed by atoms with E-state index >= 15 is 0 Å². The number of likely N-dealkylation sites (N-methyl/N-ethyl adjacent to an activating group) is 2. The summed E-state index contributed by atoms with van der Waals surface area (Å²) in [5, 5.41) is 3.20. The largest absolute Gasteiger partial charge is 0.497 e. The van der Waals surface area contributed by atoms with Gasteiger partial charge in [-0.3, -0.25) is 0 Å². The zero-order valence-electron chi connectivity index (χ0n) is 9.95. The second kappa shape index (κ2) is 5.73. The number of methoxy groups -OCH3 is 1. The summed E-state index contributed by atoms with van der Waals surface area (Å²) < 4.78 is 5.14. The summed E-state index contributed by atoms with van der Waals surface area (Å²) >= 11 is 0. The van der Waals surface area contributed by atoms with Gasteiger partial charge < -0.3 is 15.0 Å². The number of rotatable bonds is 5. The van der Waals surface area contributed by atoms with E-state index in [4.69, 9.17) is 4.74 Å². The van der Waals surface area contributed by atoms with Gasteiger partial charge in [-0.2, -0.15) is 0 Å². The van der Waals surface area contributed by atoms with Crippen molar-refractivity contribution in [3.05, 3.63) is 29.8 Å². The number of benzene rings is 1. The maximum absolute atomic E-state index is 5.14. The Hall–Kier alpha value is -1.06. The third-order valence-electron chi connectivity index (χ3n) is 2.52. The van der Waals surface area contributed by atoms with Gasteiger partial charge in [0.05, 0.1) is 7.11 Å². The molecule has 1 N–H and O–H groups in total. The van der Waals surface area contributed by atoms with Crippen molar-refractivity contribution < 1.29 is 4.74 Å². The van der Waals surface area contributed by atoms with Gasteiger partial charge >= 0.3 is 0 Å². The Bertz CT molecular complexity index is 282. The van der Waals surface area contributed by atoms with E-state index < -0.39 is 0 Å². The molecule has 0 radical (unpaired) electrons. The highest BCUT2D eigenvalue weighted by molar-refractivity contribution is 5.29. The van der Waals surface area contributed by atoms with Crippen molar-refractivity contribution in [2.75, 3.05) is 34.8 Å². The molecule has 1 atom stereocenters. The van der Waals surface area contributed by atoms with Crippen LogP contribution in [-0.2, 0) is 0 Å². The molecule has 84 valence electrons. The molecule has 0 aromatic heterocycles. The molecule has 15 heavy (non-hydrogen) atoms. The van der Waals surface area contributed by atoms with Crippen LogP contribution in [0, 0.1) is 0 Å². The highest BCUT2D eigenvalue weighted by atomic mass is 16.5. The molecule has 1 aromatic carbocycles. The van der Waals surface area contributed by atoms with Crippen LogP contribution in [0.3, 0.4) is 0 Å². The lowest BCUT2D eigenvalue weighted by Crippen LogP contribution is -2.29. The van der Waals surface area contributed by atoms with Gasteiger partial charge in [-0.25, -0.2) is 0 Å². The second-order valence-corrected chi connectivity index (χ2v) is 3.81. The lowest BCUT2D eigenvalue weighted by atomic mass is 10.1. The lowest BCUT2D eigenvalue weighted by Gasteiger charge is -2.24. The Labute approximate surface area is 92.0 Å². The van der Waals surface area contributed by atoms with E-state index in [0.717, 1.165) is 12.3 Å². The van der Waals surface area contributed by atoms with Crippen molar-refractivity contribution in [1.29, 1.82) is 0 Å². The SMILES string of the molecule is CNCC(c1ccc(OC)cc1)N(C)C. The van der Waals surface area contributed by atoms with Crippen LogP contribution in [0.2, 0.25) is 0 Å². The van der Waals surface area contributed by atoms with E-state index in [1.165, 1.54) is 5.56 Å². The van der Waals surface area contributed by atoms with E-state index in [-0.39, 0.29) is 0 Å². The minimum Gasteiger partial charge on any atom is -0.497 e. The van der Waals surface area contributed by atoms with Gasteiger partial charge in [-0.1, -0.05) is 12.1 Å². The first-order valence-electron chi connectivity index (χ1n) is 5.14. The molecule has 0 spiro atoms. The Balaban J connectivity index is 2.81. The number of nitrogens with zero attached hydrogens (tertiary/aromatic N) is 1. The number of ether oxygens (including phenoxy) is 1. The zero-order valence-corrected chi connectivity index (χ0v) is 9.95. The van der Waals surface area contributed by atoms with Crippen molar-refractivity contribution >= 4 is 0 Å². The molecular weight excluding hydrogens is 188 g/mol.